The van der Waals surface area contributed by atoms with Crippen molar-refractivity contribution >= 4 is 28.1 Å². The Kier molecular flexibility index (Phi) is 14.5. The number of benzene rings is 2. The molecule has 0 aliphatic carbocycles. The molecule has 1 aromatic heterocycles. The number of rotatable bonds is 9. The Bertz CT molecular complexity index is 1110. The Balaban J connectivity index is 0.000000590. The first kappa shape index (κ1) is 32.2. The van der Waals surface area contributed by atoms with Crippen molar-refractivity contribution in [1.82, 2.24) is 10.2 Å². The van der Waals surface area contributed by atoms with Crippen LogP contribution in [0.3, 0.4) is 0 Å². The van der Waals surface area contributed by atoms with Gasteiger partial charge in [0, 0.05) is 30.8 Å². The van der Waals surface area contributed by atoms with Gasteiger partial charge < -0.3 is 10.2 Å². The van der Waals surface area contributed by atoms with E-state index in [1.165, 1.54) is 53.7 Å². The lowest BCUT2D eigenvalue weighted by atomic mass is 10.1. The fourth-order valence-corrected chi connectivity index (χ4v) is 4.54. The SMILES string of the molecule is C=C1CC(C(=O)Nc2nnc(CCc3ccc(C)cc3)s2)CN1c1ccc(CC)cc1.CCCC.CCCC. The van der Waals surface area contributed by atoms with Crippen molar-refractivity contribution in [2.45, 2.75) is 92.9 Å². The molecular weight excluding hydrogens is 500 g/mol. The average Bonchev–Trinajstić information content (AvgIpc) is 3.59. The van der Waals surface area contributed by atoms with Gasteiger partial charge in [0.1, 0.15) is 5.01 Å². The minimum Gasteiger partial charge on any atom is -0.345 e. The van der Waals surface area contributed by atoms with Crippen molar-refractivity contribution in [1.29, 1.82) is 0 Å². The van der Waals surface area contributed by atoms with Crippen LogP contribution >= 0.6 is 11.3 Å². The molecule has 2 aromatic carbocycles. The molecule has 4 rings (SSSR count). The van der Waals surface area contributed by atoms with Crippen molar-refractivity contribution < 1.29 is 4.79 Å². The zero-order valence-electron chi connectivity index (χ0n) is 24.9. The number of aryl methyl sites for hydroxylation is 4. The van der Waals surface area contributed by atoms with E-state index in [1.54, 1.807) is 0 Å². The zero-order chi connectivity index (χ0) is 28.6. The second-order valence-electron chi connectivity index (χ2n) is 10.1. The standard InChI is InChI=1S/C25H28N4OS.2C4H10/c1-4-19-9-12-22(13-10-19)29-16-21(15-18(29)3)24(30)26-25-28-27-23(31-25)14-11-20-7-5-17(2)6-8-20;2*1-3-4-2/h5-10,12-13,21H,3-4,11,14-16H2,1-2H3,(H,26,28,30);2*3-4H2,1-2H3. The van der Waals surface area contributed by atoms with E-state index in [2.05, 4.69) is 117 Å². The summed E-state index contributed by atoms with van der Waals surface area (Å²) in [6.07, 6.45) is 8.68. The predicted molar refractivity (Wildman–Crippen MR) is 169 cm³/mol. The fraction of sp³-hybridized carbons (Fsp3) is 0.485. The molecule has 1 unspecified atom stereocenters. The number of carbonyl (C=O) groups excluding carboxylic acids is 1. The van der Waals surface area contributed by atoms with Crippen LogP contribution in [0.5, 0.6) is 0 Å². The molecule has 2 heterocycles. The van der Waals surface area contributed by atoms with Crippen LogP contribution in [0.4, 0.5) is 10.8 Å². The first-order valence-corrected chi connectivity index (χ1v) is 15.4. The van der Waals surface area contributed by atoms with Gasteiger partial charge in [-0.2, -0.15) is 0 Å². The van der Waals surface area contributed by atoms with Crippen molar-refractivity contribution in [2.24, 2.45) is 5.92 Å². The normalized spacial score (nSPS) is 14.3. The van der Waals surface area contributed by atoms with E-state index in [4.69, 9.17) is 0 Å². The fourth-order valence-electron chi connectivity index (χ4n) is 3.80. The third kappa shape index (κ3) is 11.0. The number of nitrogens with one attached hydrogen (secondary N) is 1. The second-order valence-corrected chi connectivity index (χ2v) is 11.1. The molecule has 39 heavy (non-hydrogen) atoms. The number of hydrogen-bond donors (Lipinski definition) is 1. The lowest BCUT2D eigenvalue weighted by Crippen LogP contribution is -2.26. The molecule has 0 saturated carbocycles. The van der Waals surface area contributed by atoms with Gasteiger partial charge in [0.15, 0.2) is 0 Å². The molecular formula is C33H48N4OS. The van der Waals surface area contributed by atoms with Gasteiger partial charge in [-0.25, -0.2) is 0 Å². The third-order valence-corrected chi connectivity index (χ3v) is 7.64. The third-order valence-electron chi connectivity index (χ3n) is 6.74. The van der Waals surface area contributed by atoms with Gasteiger partial charge in [-0.15, -0.1) is 10.2 Å². The first-order chi connectivity index (χ1) is 18.8. The molecule has 1 amide bonds. The van der Waals surface area contributed by atoms with Crippen LogP contribution in [0.15, 0.2) is 60.8 Å². The second kappa shape index (κ2) is 17.6. The molecule has 1 N–H and O–H groups in total. The summed E-state index contributed by atoms with van der Waals surface area (Å²) in [5.41, 5.74) is 5.91. The number of allylic oxidation sites excluding steroid dienone is 1. The molecule has 0 radical (unpaired) electrons. The molecule has 1 atom stereocenters. The topological polar surface area (TPSA) is 58.1 Å². The molecule has 1 fully saturated rings. The van der Waals surface area contributed by atoms with Crippen LogP contribution in [0.25, 0.3) is 0 Å². The summed E-state index contributed by atoms with van der Waals surface area (Å²) in [6.45, 7) is 17.8. The molecule has 3 aromatic rings. The van der Waals surface area contributed by atoms with Crippen molar-refractivity contribution in [2.75, 3.05) is 16.8 Å². The average molecular weight is 549 g/mol. The number of anilines is 2. The highest BCUT2D eigenvalue weighted by Gasteiger charge is 2.32. The van der Waals surface area contributed by atoms with E-state index >= 15 is 0 Å². The van der Waals surface area contributed by atoms with E-state index < -0.39 is 0 Å². The Morgan fingerprint density at radius 1 is 0.897 bits per heavy atom. The lowest BCUT2D eigenvalue weighted by molar-refractivity contribution is -0.119. The van der Waals surface area contributed by atoms with Gasteiger partial charge in [0.2, 0.25) is 11.0 Å². The van der Waals surface area contributed by atoms with Gasteiger partial charge in [-0.3, -0.25) is 4.79 Å². The van der Waals surface area contributed by atoms with E-state index in [0.29, 0.717) is 18.1 Å². The molecule has 1 saturated heterocycles. The number of amides is 1. The quantitative estimate of drug-likeness (QED) is 0.290. The summed E-state index contributed by atoms with van der Waals surface area (Å²) in [5.74, 6) is -0.159. The number of aromatic nitrogens is 2. The van der Waals surface area contributed by atoms with E-state index in [0.717, 1.165) is 35.7 Å². The molecule has 6 heteroatoms. The number of unbranched alkanes of at least 4 members (excludes halogenated alkanes) is 2. The van der Waals surface area contributed by atoms with Crippen molar-refractivity contribution in [3.05, 3.63) is 82.5 Å². The Morgan fingerprint density at radius 3 is 2.05 bits per heavy atom. The maximum Gasteiger partial charge on any atom is 0.231 e. The summed E-state index contributed by atoms with van der Waals surface area (Å²) < 4.78 is 0. The van der Waals surface area contributed by atoms with Crippen molar-refractivity contribution in [3.63, 3.8) is 0 Å². The van der Waals surface area contributed by atoms with Gasteiger partial charge in [-0.05, 0) is 43.0 Å². The summed E-state index contributed by atoms with van der Waals surface area (Å²) in [7, 11) is 0. The van der Waals surface area contributed by atoms with E-state index in [1.807, 2.05) is 0 Å². The molecule has 0 spiro atoms. The highest BCUT2D eigenvalue weighted by atomic mass is 32.1. The van der Waals surface area contributed by atoms with Gasteiger partial charge in [0.25, 0.3) is 0 Å². The monoisotopic (exact) mass is 548 g/mol. The van der Waals surface area contributed by atoms with Crippen molar-refractivity contribution in [3.8, 4) is 0 Å². The first-order valence-electron chi connectivity index (χ1n) is 14.6. The zero-order valence-corrected chi connectivity index (χ0v) is 25.7. The smallest absolute Gasteiger partial charge is 0.231 e. The molecule has 212 valence electrons. The van der Waals surface area contributed by atoms with Crippen LogP contribution in [-0.4, -0.2) is 22.6 Å². The van der Waals surface area contributed by atoms with Crippen LogP contribution in [-0.2, 0) is 24.1 Å². The van der Waals surface area contributed by atoms with Crippen LogP contribution in [0.1, 0.15) is 88.4 Å². The number of hydrogen-bond acceptors (Lipinski definition) is 5. The number of carbonyl (C=O) groups is 1. The molecule has 5 nitrogen and oxygen atoms in total. The molecule has 1 aliphatic rings. The van der Waals surface area contributed by atoms with E-state index in [-0.39, 0.29) is 11.8 Å². The van der Waals surface area contributed by atoms with Gasteiger partial charge >= 0.3 is 0 Å². The maximum atomic E-state index is 12.8. The highest BCUT2D eigenvalue weighted by Crippen LogP contribution is 2.32. The Morgan fingerprint density at radius 2 is 1.49 bits per heavy atom. The summed E-state index contributed by atoms with van der Waals surface area (Å²) in [6, 6.07) is 17.0. The van der Waals surface area contributed by atoms with E-state index in [9.17, 15) is 4.79 Å². The Labute approximate surface area is 240 Å². The minimum atomic E-state index is -0.140. The van der Waals surface area contributed by atoms with Crippen LogP contribution < -0.4 is 10.2 Å². The summed E-state index contributed by atoms with van der Waals surface area (Å²) in [4.78, 5) is 15.0. The molecule has 0 bridgehead atoms. The van der Waals surface area contributed by atoms with Gasteiger partial charge in [0.05, 0.1) is 5.92 Å². The predicted octanol–water partition coefficient (Wildman–Crippen LogP) is 8.79. The lowest BCUT2D eigenvalue weighted by Gasteiger charge is -2.20. The summed E-state index contributed by atoms with van der Waals surface area (Å²) >= 11 is 1.45. The van der Waals surface area contributed by atoms with Crippen LogP contribution in [0.2, 0.25) is 0 Å². The maximum absolute atomic E-state index is 12.8. The largest absolute Gasteiger partial charge is 0.345 e. The van der Waals surface area contributed by atoms with Gasteiger partial charge in [-0.1, -0.05) is 120 Å². The molecule has 1 aliphatic heterocycles. The minimum absolute atomic E-state index is 0.0185. The number of nitrogens with zero attached hydrogens (tertiary/aromatic N) is 3. The highest BCUT2D eigenvalue weighted by molar-refractivity contribution is 7.15. The Hall–Kier alpha value is -2.99. The van der Waals surface area contributed by atoms with Crippen LogP contribution in [0, 0.1) is 12.8 Å². The summed E-state index contributed by atoms with van der Waals surface area (Å²) in [5, 5.41) is 12.9.